The summed E-state index contributed by atoms with van der Waals surface area (Å²) in [6, 6.07) is 32.8. The van der Waals surface area contributed by atoms with E-state index in [1.807, 2.05) is 12.1 Å². The molecule has 0 amide bonds. The van der Waals surface area contributed by atoms with Crippen LogP contribution in [0.1, 0.15) is 11.3 Å². The van der Waals surface area contributed by atoms with Crippen molar-refractivity contribution in [1.29, 1.82) is 0 Å². The van der Waals surface area contributed by atoms with Crippen molar-refractivity contribution in [3.63, 3.8) is 0 Å². The molecule has 1 N–H and O–H groups in total. The second-order valence-corrected chi connectivity index (χ2v) is 12.2. The van der Waals surface area contributed by atoms with Crippen LogP contribution < -0.4 is 15.3 Å². The Hall–Kier alpha value is -2.69. The number of rotatable bonds is 7. The lowest BCUT2D eigenvalue weighted by Crippen LogP contribution is -2.34. The fraction of sp³-hybridized carbons (Fsp3) is 0.0400. The number of halogens is 1. The van der Waals surface area contributed by atoms with Crippen molar-refractivity contribution in [1.82, 2.24) is 4.72 Å². The average Bonchev–Trinajstić information content (AvgIpc) is 2.84. The van der Waals surface area contributed by atoms with Crippen LogP contribution in [0, 0.1) is 0 Å². The highest BCUT2D eigenvalue weighted by molar-refractivity contribution is 7.90. The van der Waals surface area contributed by atoms with Gasteiger partial charge >= 0.3 is 0 Å². The summed E-state index contributed by atoms with van der Waals surface area (Å²) < 4.78 is 44.4. The molecular weight excluding hydrogens is 461 g/mol. The van der Waals surface area contributed by atoms with Crippen molar-refractivity contribution >= 4 is 39.4 Å². The fourth-order valence-electron chi connectivity index (χ4n) is 3.56. The SMILES string of the molecule is O=P(c1ccccc1)(c1ccccc1)[C@@H](NS(=O)(=O)c1ccccc1)c1ccc(Cl)cc1. The fourth-order valence-corrected chi connectivity index (χ4v) is 8.49. The van der Waals surface area contributed by atoms with E-state index in [1.165, 1.54) is 12.1 Å². The summed E-state index contributed by atoms with van der Waals surface area (Å²) in [5.74, 6) is -1.03. The van der Waals surface area contributed by atoms with E-state index in [9.17, 15) is 13.0 Å². The van der Waals surface area contributed by atoms with Crippen LogP contribution in [0.2, 0.25) is 5.02 Å². The quantitative estimate of drug-likeness (QED) is 0.363. The molecule has 0 saturated heterocycles. The number of hydrogen-bond acceptors (Lipinski definition) is 3. The Morgan fingerprint density at radius 1 is 0.656 bits per heavy atom. The van der Waals surface area contributed by atoms with Crippen LogP contribution in [0.5, 0.6) is 0 Å². The van der Waals surface area contributed by atoms with Gasteiger partial charge in [0, 0.05) is 15.6 Å². The molecule has 1 atom stereocenters. The molecule has 0 aliphatic heterocycles. The summed E-state index contributed by atoms with van der Waals surface area (Å²) in [5.41, 5.74) is 0.560. The van der Waals surface area contributed by atoms with Gasteiger partial charge in [-0.15, -0.1) is 0 Å². The third kappa shape index (κ3) is 4.57. The van der Waals surface area contributed by atoms with Crippen LogP contribution in [0.25, 0.3) is 0 Å². The summed E-state index contributed by atoms with van der Waals surface area (Å²) >= 11 is 6.09. The van der Waals surface area contributed by atoms with E-state index >= 15 is 0 Å². The molecule has 0 saturated carbocycles. The van der Waals surface area contributed by atoms with E-state index in [-0.39, 0.29) is 4.90 Å². The van der Waals surface area contributed by atoms with Crippen molar-refractivity contribution in [3.05, 3.63) is 126 Å². The zero-order valence-electron chi connectivity index (χ0n) is 17.0. The summed E-state index contributed by atoms with van der Waals surface area (Å²) in [6.07, 6.45) is 0. The highest BCUT2D eigenvalue weighted by Gasteiger charge is 2.40. The number of benzene rings is 4. The maximum Gasteiger partial charge on any atom is 0.241 e. The summed E-state index contributed by atoms with van der Waals surface area (Å²) in [5, 5.41) is 1.62. The first-order chi connectivity index (χ1) is 15.4. The van der Waals surface area contributed by atoms with Crippen molar-refractivity contribution in [3.8, 4) is 0 Å². The molecular formula is C25H21ClNO3PS. The van der Waals surface area contributed by atoms with E-state index in [2.05, 4.69) is 4.72 Å². The Labute approximate surface area is 193 Å². The lowest BCUT2D eigenvalue weighted by molar-refractivity contribution is 0.560. The smallest absolute Gasteiger partial charge is 0.241 e. The highest BCUT2D eigenvalue weighted by Crippen LogP contribution is 2.56. The van der Waals surface area contributed by atoms with E-state index in [4.69, 9.17) is 11.6 Å². The highest BCUT2D eigenvalue weighted by atomic mass is 35.5. The van der Waals surface area contributed by atoms with Gasteiger partial charge in [-0.1, -0.05) is 103 Å². The van der Waals surface area contributed by atoms with E-state index < -0.39 is 22.9 Å². The van der Waals surface area contributed by atoms with Crippen molar-refractivity contribution in [2.45, 2.75) is 10.7 Å². The van der Waals surface area contributed by atoms with Crippen LogP contribution in [-0.4, -0.2) is 8.42 Å². The maximum absolute atomic E-state index is 15.0. The molecule has 32 heavy (non-hydrogen) atoms. The minimum absolute atomic E-state index is 0.103. The number of hydrogen-bond donors (Lipinski definition) is 1. The predicted molar refractivity (Wildman–Crippen MR) is 131 cm³/mol. The van der Waals surface area contributed by atoms with Crippen LogP contribution in [0.3, 0.4) is 0 Å². The standard InChI is InChI=1S/C25H21ClNO3PS/c26-21-18-16-20(17-19-21)25(27-32(29,30)24-14-8-3-9-15-24)31(28,22-10-4-1-5-11-22)23-12-6-2-7-13-23/h1-19,25,27H/t25-/m1/s1. The van der Waals surface area contributed by atoms with Gasteiger partial charge in [-0.3, -0.25) is 0 Å². The molecule has 0 aliphatic rings. The maximum atomic E-state index is 15.0. The third-order valence-corrected chi connectivity index (χ3v) is 10.3. The van der Waals surface area contributed by atoms with Crippen LogP contribution in [0.4, 0.5) is 0 Å². The van der Waals surface area contributed by atoms with Gasteiger partial charge in [0.25, 0.3) is 0 Å². The molecule has 4 rings (SSSR count). The Morgan fingerprint density at radius 3 is 1.56 bits per heavy atom. The third-order valence-electron chi connectivity index (χ3n) is 5.15. The molecule has 0 unspecified atom stereocenters. The minimum atomic E-state index is -3.97. The molecule has 0 spiro atoms. The Balaban J connectivity index is 1.94. The van der Waals surface area contributed by atoms with E-state index in [1.54, 1.807) is 91.0 Å². The van der Waals surface area contributed by atoms with E-state index in [0.717, 1.165) is 0 Å². The molecule has 0 heterocycles. The Kier molecular flexibility index (Phi) is 6.63. The van der Waals surface area contributed by atoms with Gasteiger partial charge in [-0.05, 0) is 29.8 Å². The number of nitrogens with one attached hydrogen (secondary N) is 1. The molecule has 0 radical (unpaired) electrons. The molecule has 4 nitrogen and oxygen atoms in total. The van der Waals surface area contributed by atoms with Gasteiger partial charge in [-0.2, -0.15) is 4.72 Å². The zero-order valence-corrected chi connectivity index (χ0v) is 19.5. The molecule has 162 valence electrons. The summed E-state index contributed by atoms with van der Waals surface area (Å²) in [7, 11) is -7.49. The van der Waals surface area contributed by atoms with Gasteiger partial charge in [-0.25, -0.2) is 8.42 Å². The van der Waals surface area contributed by atoms with Gasteiger partial charge in [0.2, 0.25) is 10.0 Å². The molecule has 0 aromatic heterocycles. The topological polar surface area (TPSA) is 63.2 Å². The normalized spacial score (nSPS) is 12.9. The molecule has 4 aromatic rings. The molecule has 0 fully saturated rings. The predicted octanol–water partition coefficient (Wildman–Crippen LogP) is 5.33. The van der Waals surface area contributed by atoms with Crippen LogP contribution in [-0.2, 0) is 14.6 Å². The summed E-state index contributed by atoms with van der Waals surface area (Å²) in [4.78, 5) is 0.103. The van der Waals surface area contributed by atoms with Crippen LogP contribution >= 0.6 is 18.7 Å². The van der Waals surface area contributed by atoms with Crippen molar-refractivity contribution in [2.75, 3.05) is 0 Å². The second-order valence-electron chi connectivity index (χ2n) is 7.22. The van der Waals surface area contributed by atoms with Crippen LogP contribution in [0.15, 0.2) is 120 Å². The van der Waals surface area contributed by atoms with Gasteiger partial charge in [0.05, 0.1) is 4.90 Å². The number of sulfonamides is 1. The van der Waals surface area contributed by atoms with Gasteiger partial charge < -0.3 is 4.57 Å². The molecule has 0 aliphatic carbocycles. The second kappa shape index (κ2) is 9.43. The first kappa shape index (κ1) is 22.5. The average molecular weight is 482 g/mol. The van der Waals surface area contributed by atoms with Gasteiger partial charge in [0.1, 0.15) is 5.78 Å². The molecule has 0 bridgehead atoms. The first-order valence-corrected chi connectivity index (χ1v) is 13.6. The zero-order chi connectivity index (χ0) is 22.6. The lowest BCUT2D eigenvalue weighted by atomic mass is 10.2. The monoisotopic (exact) mass is 481 g/mol. The molecule has 7 heteroatoms. The van der Waals surface area contributed by atoms with Crippen molar-refractivity contribution in [2.24, 2.45) is 0 Å². The Bertz CT molecular complexity index is 1290. The first-order valence-electron chi connectivity index (χ1n) is 9.95. The largest absolute Gasteiger partial charge is 0.312 e. The Morgan fingerprint density at radius 2 is 1.09 bits per heavy atom. The minimum Gasteiger partial charge on any atom is -0.312 e. The summed E-state index contributed by atoms with van der Waals surface area (Å²) in [6.45, 7) is 0. The van der Waals surface area contributed by atoms with Gasteiger partial charge in [0.15, 0.2) is 7.14 Å². The molecule has 4 aromatic carbocycles. The lowest BCUT2D eigenvalue weighted by Gasteiger charge is -2.30. The van der Waals surface area contributed by atoms with E-state index in [0.29, 0.717) is 21.2 Å². The van der Waals surface area contributed by atoms with Crippen molar-refractivity contribution < 1.29 is 13.0 Å².